The summed E-state index contributed by atoms with van der Waals surface area (Å²) in [6.07, 6.45) is 2.88. The van der Waals surface area contributed by atoms with Gasteiger partial charge in [-0.15, -0.1) is 0 Å². The number of nitrogens with zero attached hydrogens (tertiary/aromatic N) is 1. The van der Waals surface area contributed by atoms with Gasteiger partial charge in [0.15, 0.2) is 5.11 Å². The zero-order valence-electron chi connectivity index (χ0n) is 13.7. The number of carbonyl (C=O) groups is 1. The van der Waals surface area contributed by atoms with Gasteiger partial charge in [-0.1, -0.05) is 24.3 Å². The Hall–Kier alpha value is -3.45. The molecule has 0 bridgehead atoms. The molecule has 1 aromatic heterocycles. The van der Waals surface area contributed by atoms with Gasteiger partial charge in [0.1, 0.15) is 11.5 Å². The predicted octanol–water partition coefficient (Wildman–Crippen LogP) is 3.58. The SMILES string of the molecule is Nc1cncc(C(=O)NC(=S)Nc2cccc(Oc3ccccc3)c2)c1. The Morgan fingerprint density at radius 1 is 1.00 bits per heavy atom. The van der Waals surface area contributed by atoms with Crippen molar-refractivity contribution in [2.24, 2.45) is 0 Å². The lowest BCUT2D eigenvalue weighted by molar-refractivity contribution is 0.0977. The molecule has 3 rings (SSSR count). The van der Waals surface area contributed by atoms with Crippen LogP contribution in [0.25, 0.3) is 0 Å². The molecule has 3 aromatic rings. The number of para-hydroxylation sites is 1. The quantitative estimate of drug-likeness (QED) is 0.613. The fourth-order valence-corrected chi connectivity index (χ4v) is 2.39. The minimum atomic E-state index is -0.390. The van der Waals surface area contributed by atoms with E-state index in [0.29, 0.717) is 22.7 Å². The molecule has 130 valence electrons. The number of anilines is 2. The number of rotatable bonds is 4. The van der Waals surface area contributed by atoms with Gasteiger partial charge in [-0.05, 0) is 42.5 Å². The number of thiocarbonyl (C=S) groups is 1. The number of nitrogens with two attached hydrogens (primary N) is 1. The normalized spacial score (nSPS) is 10.0. The summed E-state index contributed by atoms with van der Waals surface area (Å²) in [5.41, 5.74) is 7.05. The molecule has 0 saturated heterocycles. The van der Waals surface area contributed by atoms with Crippen LogP contribution in [0, 0.1) is 0 Å². The monoisotopic (exact) mass is 364 g/mol. The second-order valence-electron chi connectivity index (χ2n) is 5.36. The smallest absolute Gasteiger partial charge is 0.259 e. The Morgan fingerprint density at radius 3 is 2.54 bits per heavy atom. The number of nitrogen functional groups attached to an aromatic ring is 1. The molecule has 7 heteroatoms. The summed E-state index contributed by atoms with van der Waals surface area (Å²) >= 11 is 5.18. The predicted molar refractivity (Wildman–Crippen MR) is 105 cm³/mol. The number of hydrogen-bond donors (Lipinski definition) is 3. The van der Waals surface area contributed by atoms with Gasteiger partial charge in [0, 0.05) is 24.1 Å². The molecule has 6 nitrogen and oxygen atoms in total. The van der Waals surface area contributed by atoms with Crippen molar-refractivity contribution in [3.8, 4) is 11.5 Å². The van der Waals surface area contributed by atoms with Gasteiger partial charge in [-0.25, -0.2) is 0 Å². The molecule has 2 aromatic carbocycles. The van der Waals surface area contributed by atoms with Crippen molar-refractivity contribution in [3.05, 3.63) is 78.6 Å². The molecule has 0 aliphatic carbocycles. The van der Waals surface area contributed by atoms with E-state index in [1.165, 1.54) is 18.5 Å². The number of nitrogens with one attached hydrogen (secondary N) is 2. The van der Waals surface area contributed by atoms with E-state index in [1.807, 2.05) is 48.5 Å². The van der Waals surface area contributed by atoms with Crippen molar-refractivity contribution in [2.45, 2.75) is 0 Å². The van der Waals surface area contributed by atoms with Gasteiger partial charge in [0.2, 0.25) is 0 Å². The van der Waals surface area contributed by atoms with Gasteiger partial charge in [0.25, 0.3) is 5.91 Å². The summed E-state index contributed by atoms with van der Waals surface area (Å²) in [6.45, 7) is 0. The second-order valence-corrected chi connectivity index (χ2v) is 5.77. The molecule has 0 fully saturated rings. The topological polar surface area (TPSA) is 89.3 Å². The van der Waals surface area contributed by atoms with Crippen LogP contribution in [0.15, 0.2) is 73.1 Å². The van der Waals surface area contributed by atoms with Crippen LogP contribution in [-0.4, -0.2) is 16.0 Å². The molecule has 0 aliphatic heterocycles. The maximum Gasteiger partial charge on any atom is 0.259 e. The van der Waals surface area contributed by atoms with Crippen LogP contribution in [-0.2, 0) is 0 Å². The number of pyridine rings is 1. The van der Waals surface area contributed by atoms with Crippen LogP contribution < -0.4 is 21.1 Å². The minimum absolute atomic E-state index is 0.161. The van der Waals surface area contributed by atoms with E-state index in [1.54, 1.807) is 6.07 Å². The average Bonchev–Trinajstić information content (AvgIpc) is 2.63. The van der Waals surface area contributed by atoms with Crippen molar-refractivity contribution < 1.29 is 9.53 Å². The van der Waals surface area contributed by atoms with Gasteiger partial charge < -0.3 is 15.8 Å². The summed E-state index contributed by atoms with van der Waals surface area (Å²) in [4.78, 5) is 16.0. The van der Waals surface area contributed by atoms with Crippen LogP contribution in [0.5, 0.6) is 11.5 Å². The van der Waals surface area contributed by atoms with E-state index in [-0.39, 0.29) is 11.0 Å². The van der Waals surface area contributed by atoms with E-state index >= 15 is 0 Å². The third-order valence-corrected chi connectivity index (χ3v) is 3.52. The van der Waals surface area contributed by atoms with Gasteiger partial charge in [0.05, 0.1) is 11.3 Å². The summed E-state index contributed by atoms with van der Waals surface area (Å²) in [5, 5.41) is 5.70. The highest BCUT2D eigenvalue weighted by Crippen LogP contribution is 2.23. The Labute approximate surface area is 156 Å². The summed E-state index contributed by atoms with van der Waals surface area (Å²) in [6, 6.07) is 18.2. The first kappa shape index (κ1) is 17.4. The molecule has 4 N–H and O–H groups in total. The lowest BCUT2D eigenvalue weighted by Gasteiger charge is -2.11. The fraction of sp³-hybridized carbons (Fsp3) is 0. The molecular formula is C19H16N4O2S. The van der Waals surface area contributed by atoms with Crippen LogP contribution in [0.1, 0.15) is 10.4 Å². The van der Waals surface area contributed by atoms with Crippen LogP contribution in [0.2, 0.25) is 0 Å². The van der Waals surface area contributed by atoms with Crippen molar-refractivity contribution in [3.63, 3.8) is 0 Å². The van der Waals surface area contributed by atoms with Gasteiger partial charge in [-0.2, -0.15) is 0 Å². The zero-order valence-corrected chi connectivity index (χ0v) is 14.5. The highest BCUT2D eigenvalue weighted by atomic mass is 32.1. The molecule has 0 atom stereocenters. The van der Waals surface area contributed by atoms with Crippen molar-refractivity contribution in [2.75, 3.05) is 11.1 Å². The summed E-state index contributed by atoms with van der Waals surface area (Å²) in [7, 11) is 0. The maximum atomic E-state index is 12.1. The van der Waals surface area contributed by atoms with Crippen molar-refractivity contribution in [1.29, 1.82) is 0 Å². The standard InChI is InChI=1S/C19H16N4O2S/c20-14-9-13(11-21-12-14)18(24)23-19(26)22-15-5-4-8-17(10-15)25-16-6-2-1-3-7-16/h1-12H,20H2,(H2,22,23,24,26). The molecule has 26 heavy (non-hydrogen) atoms. The first-order chi connectivity index (χ1) is 12.6. The third kappa shape index (κ3) is 4.78. The Bertz CT molecular complexity index is 932. The number of carbonyl (C=O) groups excluding carboxylic acids is 1. The number of benzene rings is 2. The largest absolute Gasteiger partial charge is 0.457 e. The molecule has 0 saturated carbocycles. The highest BCUT2D eigenvalue weighted by Gasteiger charge is 2.09. The Morgan fingerprint density at radius 2 is 1.77 bits per heavy atom. The van der Waals surface area contributed by atoms with E-state index < -0.39 is 0 Å². The van der Waals surface area contributed by atoms with E-state index in [9.17, 15) is 4.79 Å². The second kappa shape index (κ2) is 8.09. The first-order valence-electron chi connectivity index (χ1n) is 7.76. The Kier molecular flexibility index (Phi) is 5.40. The van der Waals surface area contributed by atoms with Crippen LogP contribution in [0.4, 0.5) is 11.4 Å². The van der Waals surface area contributed by atoms with Gasteiger partial charge >= 0.3 is 0 Å². The van der Waals surface area contributed by atoms with E-state index in [2.05, 4.69) is 15.6 Å². The third-order valence-electron chi connectivity index (χ3n) is 3.32. The molecule has 0 unspecified atom stereocenters. The first-order valence-corrected chi connectivity index (χ1v) is 8.17. The van der Waals surface area contributed by atoms with E-state index in [0.717, 1.165) is 5.75 Å². The molecule has 1 amide bonds. The Balaban J connectivity index is 1.62. The van der Waals surface area contributed by atoms with E-state index in [4.69, 9.17) is 22.7 Å². The lowest BCUT2D eigenvalue weighted by Crippen LogP contribution is -2.34. The minimum Gasteiger partial charge on any atom is -0.457 e. The van der Waals surface area contributed by atoms with Gasteiger partial charge in [-0.3, -0.25) is 15.1 Å². The molecule has 0 radical (unpaired) electrons. The highest BCUT2D eigenvalue weighted by molar-refractivity contribution is 7.80. The number of ether oxygens (including phenoxy) is 1. The summed E-state index contributed by atoms with van der Waals surface area (Å²) < 4.78 is 5.77. The van der Waals surface area contributed by atoms with Crippen molar-refractivity contribution >= 4 is 34.6 Å². The molecule has 0 spiro atoms. The van der Waals surface area contributed by atoms with Crippen LogP contribution in [0.3, 0.4) is 0 Å². The average molecular weight is 364 g/mol. The summed E-state index contributed by atoms with van der Waals surface area (Å²) in [5.74, 6) is 0.990. The lowest BCUT2D eigenvalue weighted by atomic mass is 10.2. The van der Waals surface area contributed by atoms with Crippen LogP contribution >= 0.6 is 12.2 Å². The van der Waals surface area contributed by atoms with Crippen molar-refractivity contribution in [1.82, 2.24) is 10.3 Å². The fourth-order valence-electron chi connectivity index (χ4n) is 2.18. The molecular weight excluding hydrogens is 348 g/mol. The number of aromatic nitrogens is 1. The molecule has 0 aliphatic rings. The zero-order chi connectivity index (χ0) is 18.4. The molecule has 1 heterocycles. The number of hydrogen-bond acceptors (Lipinski definition) is 5. The number of amides is 1. The maximum absolute atomic E-state index is 12.1.